The predicted molar refractivity (Wildman–Crippen MR) is 111 cm³/mol. The van der Waals surface area contributed by atoms with Crippen molar-refractivity contribution in [1.82, 2.24) is 0 Å². The molecule has 0 saturated heterocycles. The van der Waals surface area contributed by atoms with Gasteiger partial charge in [0, 0.05) is 6.42 Å². The molecule has 152 valence electrons. The highest BCUT2D eigenvalue weighted by molar-refractivity contribution is 5.89. The third-order valence-corrected chi connectivity index (χ3v) is 3.74. The Kier molecular flexibility index (Phi) is 12.1. The number of benzene rings is 1. The summed E-state index contributed by atoms with van der Waals surface area (Å²) in [5.41, 5.74) is 0.462. The first-order valence-corrected chi connectivity index (χ1v) is 9.40. The van der Waals surface area contributed by atoms with E-state index in [2.05, 4.69) is 11.7 Å². The molecule has 0 amide bonds. The molecule has 2 N–H and O–H groups in total. The quantitative estimate of drug-likeness (QED) is 0.323. The van der Waals surface area contributed by atoms with Gasteiger partial charge in [-0.05, 0) is 37.1 Å². The van der Waals surface area contributed by atoms with Gasteiger partial charge in [-0.3, -0.25) is 0 Å². The van der Waals surface area contributed by atoms with E-state index in [1.807, 2.05) is 12.2 Å². The number of methoxy groups -OCH3 is 1. The van der Waals surface area contributed by atoms with Gasteiger partial charge < -0.3 is 19.7 Å². The van der Waals surface area contributed by atoms with Crippen LogP contribution in [0.25, 0.3) is 0 Å². The smallest absolute Gasteiger partial charge is 0.337 e. The van der Waals surface area contributed by atoms with E-state index < -0.39 is 18.2 Å². The molecule has 0 fully saturated rings. The molecule has 0 bridgehead atoms. The van der Waals surface area contributed by atoms with Gasteiger partial charge in [-0.25, -0.2) is 4.79 Å². The molecule has 1 aromatic rings. The van der Waals surface area contributed by atoms with Crippen LogP contribution in [0.15, 0.2) is 72.9 Å². The van der Waals surface area contributed by atoms with Crippen molar-refractivity contribution in [2.24, 2.45) is 0 Å². The topological polar surface area (TPSA) is 76.0 Å². The minimum Gasteiger partial charge on any atom is -0.493 e. The summed E-state index contributed by atoms with van der Waals surface area (Å²) in [7, 11) is 1.34. The molecule has 5 heteroatoms. The first kappa shape index (κ1) is 23.4. The van der Waals surface area contributed by atoms with Gasteiger partial charge in [0.1, 0.15) is 5.75 Å². The van der Waals surface area contributed by atoms with Crippen molar-refractivity contribution in [2.45, 2.75) is 38.4 Å². The van der Waals surface area contributed by atoms with Gasteiger partial charge in [-0.2, -0.15) is 0 Å². The van der Waals surface area contributed by atoms with E-state index in [0.717, 1.165) is 6.42 Å². The zero-order valence-corrected chi connectivity index (χ0v) is 16.5. The molecule has 0 heterocycles. The molecule has 1 rings (SSSR count). The predicted octanol–water partition coefficient (Wildman–Crippen LogP) is 3.99. The van der Waals surface area contributed by atoms with Crippen molar-refractivity contribution in [3.63, 3.8) is 0 Å². The molecular formula is C23H30O5. The van der Waals surface area contributed by atoms with Crippen LogP contribution in [0.1, 0.15) is 36.5 Å². The van der Waals surface area contributed by atoms with Crippen molar-refractivity contribution in [1.29, 1.82) is 0 Å². The third-order valence-electron chi connectivity index (χ3n) is 3.74. The number of ether oxygens (including phenoxy) is 2. The highest BCUT2D eigenvalue weighted by Crippen LogP contribution is 2.13. The number of aliphatic hydroxyl groups excluding tert-OH is 2. The van der Waals surface area contributed by atoms with E-state index in [4.69, 9.17) is 4.74 Å². The van der Waals surface area contributed by atoms with E-state index in [1.165, 1.54) is 7.11 Å². The molecule has 0 aromatic heterocycles. The number of carbonyl (C=O) groups is 1. The number of rotatable bonds is 12. The van der Waals surface area contributed by atoms with E-state index in [0.29, 0.717) is 30.8 Å². The summed E-state index contributed by atoms with van der Waals surface area (Å²) in [4.78, 5) is 11.4. The summed E-state index contributed by atoms with van der Waals surface area (Å²) in [5.74, 6) is 0.235. The maximum Gasteiger partial charge on any atom is 0.337 e. The lowest BCUT2D eigenvalue weighted by Gasteiger charge is -2.08. The zero-order chi connectivity index (χ0) is 20.6. The SMILES string of the molecule is CC/C=C\C[C@H](O)/C=C/C=C\C=C\[C@@H](O)CCOc1ccc(C(=O)OC)cc1. The highest BCUT2D eigenvalue weighted by Gasteiger charge is 2.05. The molecular weight excluding hydrogens is 356 g/mol. The van der Waals surface area contributed by atoms with Crippen LogP contribution in [-0.4, -0.2) is 42.1 Å². The number of carbonyl (C=O) groups excluding carboxylic acids is 1. The van der Waals surface area contributed by atoms with Crippen LogP contribution < -0.4 is 4.74 Å². The van der Waals surface area contributed by atoms with Gasteiger partial charge in [0.05, 0.1) is 31.5 Å². The monoisotopic (exact) mass is 386 g/mol. The fourth-order valence-electron chi connectivity index (χ4n) is 2.19. The summed E-state index contributed by atoms with van der Waals surface area (Å²) in [6.45, 7) is 2.41. The Labute approximate surface area is 167 Å². The molecule has 1 aromatic carbocycles. The van der Waals surface area contributed by atoms with Crippen molar-refractivity contribution in [3.05, 3.63) is 78.4 Å². The molecule has 0 aliphatic carbocycles. The van der Waals surface area contributed by atoms with Gasteiger partial charge >= 0.3 is 5.97 Å². The number of hydrogen-bond donors (Lipinski definition) is 2. The van der Waals surface area contributed by atoms with Gasteiger partial charge in [0.25, 0.3) is 0 Å². The van der Waals surface area contributed by atoms with E-state index >= 15 is 0 Å². The second kappa shape index (κ2) is 14.4. The Hall–Kier alpha value is -2.63. The molecule has 0 aliphatic heterocycles. The second-order valence-corrected chi connectivity index (χ2v) is 6.06. The summed E-state index contributed by atoms with van der Waals surface area (Å²) in [6, 6.07) is 6.64. The standard InChI is InChI=1S/C23H30O5/c1-3-4-7-10-20(24)11-8-5-6-9-12-21(25)17-18-28-22-15-13-19(14-16-22)23(26)27-2/h4-9,11-16,20-21,24-25H,3,10,17-18H2,1-2H3/b6-5-,7-4-,11-8+,12-9+/t20-,21+/m0/s1. The summed E-state index contributed by atoms with van der Waals surface area (Å²) >= 11 is 0. The molecule has 0 saturated carbocycles. The van der Waals surface area contributed by atoms with Gasteiger partial charge in [0.2, 0.25) is 0 Å². The van der Waals surface area contributed by atoms with Crippen molar-refractivity contribution >= 4 is 5.97 Å². The maximum atomic E-state index is 11.4. The van der Waals surface area contributed by atoms with Crippen molar-refractivity contribution in [3.8, 4) is 5.75 Å². The zero-order valence-electron chi connectivity index (χ0n) is 16.5. The third kappa shape index (κ3) is 10.5. The Morgan fingerprint density at radius 1 is 1.00 bits per heavy atom. The fraction of sp³-hybridized carbons (Fsp3) is 0.348. The summed E-state index contributed by atoms with van der Waals surface area (Å²) in [5, 5.41) is 19.6. The van der Waals surface area contributed by atoms with E-state index in [1.54, 1.807) is 60.7 Å². The molecule has 0 unspecified atom stereocenters. The van der Waals surface area contributed by atoms with Crippen molar-refractivity contribution in [2.75, 3.05) is 13.7 Å². The summed E-state index contributed by atoms with van der Waals surface area (Å²) in [6.07, 6.45) is 15.4. The Morgan fingerprint density at radius 2 is 1.64 bits per heavy atom. The lowest BCUT2D eigenvalue weighted by Crippen LogP contribution is -2.09. The molecule has 28 heavy (non-hydrogen) atoms. The molecule has 0 aliphatic rings. The maximum absolute atomic E-state index is 11.4. The van der Waals surface area contributed by atoms with Gasteiger partial charge in [-0.1, -0.05) is 55.5 Å². The first-order valence-electron chi connectivity index (χ1n) is 9.40. The lowest BCUT2D eigenvalue weighted by atomic mass is 10.2. The van der Waals surface area contributed by atoms with Crippen LogP contribution in [0.3, 0.4) is 0 Å². The molecule has 2 atom stereocenters. The Morgan fingerprint density at radius 3 is 2.25 bits per heavy atom. The van der Waals surface area contributed by atoms with Crippen LogP contribution in [0.5, 0.6) is 5.75 Å². The number of allylic oxidation sites excluding steroid dienone is 5. The molecule has 0 spiro atoms. The highest BCUT2D eigenvalue weighted by atomic mass is 16.5. The molecule has 0 radical (unpaired) electrons. The first-order chi connectivity index (χ1) is 13.6. The number of esters is 1. The average molecular weight is 386 g/mol. The second-order valence-electron chi connectivity index (χ2n) is 6.06. The van der Waals surface area contributed by atoms with Crippen LogP contribution in [0.2, 0.25) is 0 Å². The minimum atomic E-state index is -0.618. The van der Waals surface area contributed by atoms with Crippen molar-refractivity contribution < 1.29 is 24.5 Å². The normalized spacial score (nSPS) is 14.3. The van der Waals surface area contributed by atoms with Gasteiger partial charge in [-0.15, -0.1) is 0 Å². The van der Waals surface area contributed by atoms with E-state index in [-0.39, 0.29) is 0 Å². The largest absolute Gasteiger partial charge is 0.493 e. The molecule has 5 nitrogen and oxygen atoms in total. The average Bonchev–Trinajstić information content (AvgIpc) is 2.70. The Bertz CT molecular complexity index is 671. The van der Waals surface area contributed by atoms with Crippen LogP contribution in [0, 0.1) is 0 Å². The van der Waals surface area contributed by atoms with E-state index in [9.17, 15) is 15.0 Å². The summed E-state index contributed by atoms with van der Waals surface area (Å²) < 4.78 is 10.2. The van der Waals surface area contributed by atoms with Crippen LogP contribution in [-0.2, 0) is 4.74 Å². The number of hydrogen-bond acceptors (Lipinski definition) is 5. The van der Waals surface area contributed by atoms with Crippen LogP contribution in [0.4, 0.5) is 0 Å². The lowest BCUT2D eigenvalue weighted by molar-refractivity contribution is 0.0600. The Balaban J connectivity index is 2.26. The number of aliphatic hydroxyl groups is 2. The minimum absolute atomic E-state index is 0.351. The fourth-order valence-corrected chi connectivity index (χ4v) is 2.19. The van der Waals surface area contributed by atoms with Crippen LogP contribution >= 0.6 is 0 Å². The van der Waals surface area contributed by atoms with Gasteiger partial charge in [0.15, 0.2) is 0 Å².